The number of halogens is 1. The molecular formula is C69H106ClN25O5. The number of carbonyl (C=O) groups is 4. The van der Waals surface area contributed by atoms with Gasteiger partial charge in [-0.05, 0) is 57.8 Å². The molecule has 26 N–H and O–H groups in total. The molecule has 6 aliphatic rings. The van der Waals surface area contributed by atoms with Crippen LogP contribution in [0.15, 0.2) is 141 Å². The van der Waals surface area contributed by atoms with Crippen molar-refractivity contribution in [1.82, 2.24) is 56.3 Å². The first-order valence-electron chi connectivity index (χ1n) is 34.0. The monoisotopic (exact) mass is 1400 g/mol. The largest absolute Gasteiger partial charge is 0.481 e. The van der Waals surface area contributed by atoms with Gasteiger partial charge in [0.2, 0.25) is 11.9 Å². The number of H-pyrrole nitrogens is 2. The Bertz CT molecular complexity index is 3490. The quantitative estimate of drug-likeness (QED) is 0.0254. The summed E-state index contributed by atoms with van der Waals surface area (Å²) in [6.45, 7) is 14.6. The van der Waals surface area contributed by atoms with Crippen molar-refractivity contribution in [2.24, 2.45) is 65.8 Å². The lowest BCUT2D eigenvalue weighted by molar-refractivity contribution is -0.136. The molecule has 0 radical (unpaired) electrons. The predicted molar refractivity (Wildman–Crippen MR) is 403 cm³/mol. The Morgan fingerprint density at radius 2 is 1.06 bits per heavy atom. The number of nitrogens with zero attached hydrogens (tertiary/aromatic N) is 8. The van der Waals surface area contributed by atoms with Crippen molar-refractivity contribution < 1.29 is 24.3 Å². The second-order valence-electron chi connectivity index (χ2n) is 23.8. The first-order chi connectivity index (χ1) is 47.9. The van der Waals surface area contributed by atoms with E-state index in [0.29, 0.717) is 93.0 Å². The highest BCUT2D eigenvalue weighted by Gasteiger charge is 2.29. The van der Waals surface area contributed by atoms with E-state index in [2.05, 4.69) is 107 Å². The molecule has 0 saturated carbocycles. The standard InChI is InChI=1S/C26H33N7O2.C21H29N5O.C9H19N5.C8H18N6.C5H6N2O2.ClH/c27-10-13-33(14-11-30-24(35)15-18-16-29-17-31-18)12-4-9-23(34)20-6-3-7-21-25(28)19-5-1-2-8-22(19)32-26(20)21;22-10-13-26(14-11-23)12-4-9-19(27)16-6-3-7-17-20(24)15-5-1-2-8-18(15)25-21(16)17;1-3-4-5-6-11-9-13-7(2)12-8(10)14-9;1-2-3-4-5-11-8-13-6(9)12-7(10)14-8;8-5(9)1-4-2-6-3-7-4;/h1-3,5-8,16-17,22,32H,4,9-15,27-28H2,(H,29,31)(H,30,35);1-3,5-8,18,25H,4,9-14,22-24H2;8H,3-6,10H2,1-2H3,(H2,11,12,13,14);6H,2-5,9H2,1H3,(H4,10,11,12,13,14);2-3H,1H2,(H,6,7)(H,8,9);1H. The number of anilines is 2. The molecular weight excluding hydrogens is 1290 g/mol. The fraction of sp³-hybridized carbons (Fsp3) is 0.449. The number of hydrogen-bond acceptors (Lipinski definition) is 22. The summed E-state index contributed by atoms with van der Waals surface area (Å²) < 4.78 is 0. The first kappa shape index (κ1) is 81.1. The lowest BCUT2D eigenvalue weighted by atomic mass is 9.89. The van der Waals surface area contributed by atoms with E-state index in [9.17, 15) is 19.2 Å². The SMILES string of the molecule is CCCCCN=C1NC(C)=NC(N)N1.CCCCCN=C1NC(N)=NC(N)N1.Cl.NCCN(CCCC(=O)c1cccc2c1NC1C=CC=CC1=C2N)CCNC(=O)Cc1cnc[nH]1.NCCN(CCN)CCCC(=O)c1cccc2c1NC1C=CC=CC1=C2N.O=C(O)Cc1cnc[nH]1. The predicted octanol–water partition coefficient (Wildman–Crippen LogP) is 3.17. The Hall–Kier alpha value is -9.53. The number of Topliss-reactive ketones (excluding diaryl/α,β-unsaturated/α-hetero) is 2. The third kappa shape index (κ3) is 27.3. The number of nitrogens with one attached hydrogen (secondary N) is 9. The zero-order chi connectivity index (χ0) is 71.3. The molecule has 4 unspecified atom stereocenters. The van der Waals surface area contributed by atoms with E-state index in [4.69, 9.17) is 51.0 Å². The van der Waals surface area contributed by atoms with Crippen molar-refractivity contribution in [3.63, 3.8) is 0 Å². The molecule has 100 heavy (non-hydrogen) atoms. The second-order valence-corrected chi connectivity index (χ2v) is 23.8. The number of ketones is 2. The van der Waals surface area contributed by atoms with Crippen molar-refractivity contribution >= 4 is 82.3 Å². The molecule has 2 aliphatic carbocycles. The number of aliphatic imine (C=N–C) groups is 4. The number of carbonyl (C=O) groups excluding carboxylic acids is 3. The number of guanidine groups is 3. The molecule has 31 heteroatoms. The van der Waals surface area contributed by atoms with Gasteiger partial charge in [0.15, 0.2) is 36.1 Å². The number of nitrogens with two attached hydrogens (primary N) is 8. The van der Waals surface area contributed by atoms with Crippen LogP contribution in [0.25, 0.3) is 11.4 Å². The van der Waals surface area contributed by atoms with Gasteiger partial charge in [0.05, 0.1) is 49.0 Å². The average molecular weight is 1400 g/mol. The van der Waals surface area contributed by atoms with E-state index in [0.717, 1.165) is 115 Å². The molecule has 0 saturated heterocycles. The van der Waals surface area contributed by atoms with Gasteiger partial charge in [-0.15, -0.1) is 12.4 Å². The molecule has 0 bridgehead atoms. The Labute approximate surface area is 592 Å². The average Bonchev–Trinajstić information content (AvgIpc) is 1.10. The second kappa shape index (κ2) is 44.5. The summed E-state index contributed by atoms with van der Waals surface area (Å²) in [7, 11) is 0. The number of rotatable bonds is 31. The number of carboxylic acids is 1. The molecule has 10 rings (SSSR count). The number of allylic oxidation sites excluding steroid dienone is 4. The summed E-state index contributed by atoms with van der Waals surface area (Å²) in [4.78, 5) is 82.2. The lowest BCUT2D eigenvalue weighted by Gasteiger charge is -2.30. The highest BCUT2D eigenvalue weighted by Crippen LogP contribution is 2.38. The van der Waals surface area contributed by atoms with Crippen LogP contribution < -0.4 is 83.1 Å². The number of unbranched alkanes of at least 4 members (excludes halogenated alkanes) is 4. The third-order valence-electron chi connectivity index (χ3n) is 16.0. The number of aromatic amines is 2. The van der Waals surface area contributed by atoms with Crippen LogP contribution in [-0.2, 0) is 22.4 Å². The number of amidine groups is 1. The summed E-state index contributed by atoms with van der Waals surface area (Å²) in [5.41, 5.74) is 56.3. The highest BCUT2D eigenvalue weighted by molar-refractivity contribution is 6.06. The third-order valence-corrected chi connectivity index (χ3v) is 16.0. The summed E-state index contributed by atoms with van der Waals surface area (Å²) in [6, 6.07) is 11.4. The van der Waals surface area contributed by atoms with Crippen LogP contribution >= 0.6 is 12.4 Å². The Morgan fingerprint density at radius 1 is 0.590 bits per heavy atom. The van der Waals surface area contributed by atoms with Crippen LogP contribution in [0, 0.1) is 0 Å². The number of para-hydroxylation sites is 2. The summed E-state index contributed by atoms with van der Waals surface area (Å²) in [6.07, 6.45) is 31.1. The molecule has 30 nitrogen and oxygen atoms in total. The minimum Gasteiger partial charge on any atom is -0.481 e. The van der Waals surface area contributed by atoms with Gasteiger partial charge in [0, 0.05) is 147 Å². The molecule has 544 valence electrons. The van der Waals surface area contributed by atoms with E-state index in [1.165, 1.54) is 38.2 Å². The molecule has 1 amide bonds. The zero-order valence-corrected chi connectivity index (χ0v) is 58.7. The lowest BCUT2D eigenvalue weighted by Crippen LogP contribution is -2.56. The maximum atomic E-state index is 13.1. The number of aromatic nitrogens is 4. The van der Waals surface area contributed by atoms with E-state index < -0.39 is 12.3 Å². The van der Waals surface area contributed by atoms with Gasteiger partial charge in [-0.3, -0.25) is 45.9 Å². The van der Waals surface area contributed by atoms with Crippen LogP contribution in [0.5, 0.6) is 0 Å². The minimum atomic E-state index is -0.848. The normalized spacial score (nSPS) is 18.0. The summed E-state index contributed by atoms with van der Waals surface area (Å²) in [5, 5.41) is 29.8. The molecule has 2 aromatic heterocycles. The van der Waals surface area contributed by atoms with E-state index in [-0.39, 0.29) is 61.1 Å². The molecule has 2 aromatic carbocycles. The van der Waals surface area contributed by atoms with Crippen LogP contribution in [-0.4, -0.2) is 185 Å². The number of carboxylic acid groups (broad SMARTS) is 1. The van der Waals surface area contributed by atoms with Gasteiger partial charge in [-0.25, -0.2) is 20.0 Å². The van der Waals surface area contributed by atoms with Crippen LogP contribution in [0.2, 0.25) is 0 Å². The molecule has 6 heterocycles. The fourth-order valence-corrected chi connectivity index (χ4v) is 11.1. The van der Waals surface area contributed by atoms with E-state index in [1.807, 2.05) is 85.9 Å². The Kier molecular flexibility index (Phi) is 36.1. The van der Waals surface area contributed by atoms with Gasteiger partial charge < -0.3 is 91.2 Å². The number of benzene rings is 2. The number of fused-ring (bicyclic) bond motifs is 4. The van der Waals surface area contributed by atoms with Crippen molar-refractivity contribution in [2.75, 3.05) is 89.2 Å². The van der Waals surface area contributed by atoms with Crippen LogP contribution in [0.3, 0.4) is 0 Å². The van der Waals surface area contributed by atoms with Crippen molar-refractivity contribution in [2.45, 2.75) is 122 Å². The maximum absolute atomic E-state index is 13.1. The number of aliphatic carboxylic acids is 1. The molecule has 4 aliphatic heterocycles. The summed E-state index contributed by atoms with van der Waals surface area (Å²) in [5.74, 6) is 1.78. The van der Waals surface area contributed by atoms with E-state index in [1.54, 1.807) is 12.5 Å². The Balaban J connectivity index is 0.000000244. The highest BCUT2D eigenvalue weighted by atomic mass is 35.5. The zero-order valence-electron chi connectivity index (χ0n) is 57.9. The van der Waals surface area contributed by atoms with Gasteiger partial charge in [-0.1, -0.05) is 112 Å². The Morgan fingerprint density at radius 3 is 1.50 bits per heavy atom. The fourth-order valence-electron chi connectivity index (χ4n) is 11.1. The van der Waals surface area contributed by atoms with Gasteiger partial charge >= 0.3 is 5.97 Å². The van der Waals surface area contributed by atoms with Crippen molar-refractivity contribution in [3.8, 4) is 0 Å². The minimum absolute atomic E-state index is 0. The smallest absolute Gasteiger partial charge is 0.309 e. The van der Waals surface area contributed by atoms with Crippen molar-refractivity contribution in [3.05, 3.63) is 155 Å². The number of hydrogen-bond donors (Lipinski definition) is 18. The van der Waals surface area contributed by atoms with Crippen molar-refractivity contribution in [1.29, 1.82) is 0 Å². The van der Waals surface area contributed by atoms with Gasteiger partial charge in [0.25, 0.3) is 0 Å². The first-order valence-corrected chi connectivity index (χ1v) is 34.0. The van der Waals surface area contributed by atoms with Gasteiger partial charge in [0.1, 0.15) is 5.84 Å². The topological polar surface area (TPSA) is 494 Å². The molecule has 0 spiro atoms. The molecule has 0 fully saturated rings. The molecule has 4 atom stereocenters. The maximum Gasteiger partial charge on any atom is 0.309 e. The molecule has 4 aromatic rings. The van der Waals surface area contributed by atoms with E-state index >= 15 is 0 Å². The van der Waals surface area contributed by atoms with Crippen LogP contribution in [0.1, 0.15) is 128 Å². The number of amides is 1. The van der Waals surface area contributed by atoms with Gasteiger partial charge in [-0.2, -0.15) is 0 Å². The van der Waals surface area contributed by atoms with Crippen LogP contribution in [0.4, 0.5) is 11.4 Å². The summed E-state index contributed by atoms with van der Waals surface area (Å²) >= 11 is 0. The number of imidazole rings is 2.